The van der Waals surface area contributed by atoms with Crippen molar-refractivity contribution < 1.29 is 13.9 Å². The number of nitrogens with zero attached hydrogens (tertiary/aromatic N) is 2. The van der Waals surface area contributed by atoms with E-state index in [2.05, 4.69) is 4.90 Å². The maximum absolute atomic E-state index is 12.3. The van der Waals surface area contributed by atoms with E-state index in [-0.39, 0.29) is 5.91 Å². The lowest BCUT2D eigenvalue weighted by Crippen LogP contribution is -2.48. The van der Waals surface area contributed by atoms with Crippen LogP contribution < -0.4 is 4.74 Å². The van der Waals surface area contributed by atoms with Crippen molar-refractivity contribution in [2.45, 2.75) is 6.54 Å². The van der Waals surface area contributed by atoms with Crippen molar-refractivity contribution in [2.75, 3.05) is 33.3 Å². The van der Waals surface area contributed by atoms with E-state index in [0.717, 1.165) is 30.9 Å². The zero-order valence-electron chi connectivity index (χ0n) is 13.0. The number of hydrogen-bond donors (Lipinski definition) is 0. The minimum atomic E-state index is 0.0266. The maximum atomic E-state index is 12.3. The van der Waals surface area contributed by atoms with Gasteiger partial charge in [-0.15, -0.1) is 0 Å². The highest BCUT2D eigenvalue weighted by Crippen LogP contribution is 2.24. The predicted octanol–water partition coefficient (Wildman–Crippen LogP) is 2.90. The van der Waals surface area contributed by atoms with Gasteiger partial charge in [-0.3, -0.25) is 9.69 Å². The molecule has 1 fully saturated rings. The first-order valence-electron chi connectivity index (χ1n) is 7.53. The summed E-state index contributed by atoms with van der Waals surface area (Å²) in [5.41, 5.74) is 1.67. The Morgan fingerprint density at radius 3 is 2.70 bits per heavy atom. The van der Waals surface area contributed by atoms with Crippen molar-refractivity contribution >= 4 is 17.5 Å². The Labute approximate surface area is 140 Å². The molecule has 6 heteroatoms. The number of carbonyl (C=O) groups excluding carboxylic acids is 1. The summed E-state index contributed by atoms with van der Waals surface area (Å²) in [6.45, 7) is 3.80. The number of rotatable bonds is 4. The fraction of sp³-hybridized carbons (Fsp3) is 0.353. The molecule has 1 amide bonds. The van der Waals surface area contributed by atoms with Gasteiger partial charge in [-0.05, 0) is 24.3 Å². The molecule has 0 N–H and O–H groups in total. The standard InChI is InChI=1S/C17H19ClN2O3/c1-22-16-3-2-15(18)10-14(16)11-19-5-7-20(8-6-19)17(21)13-4-9-23-12-13/h2-4,9-10,12H,5-8,11H2,1H3. The molecule has 1 aliphatic heterocycles. The SMILES string of the molecule is COc1ccc(Cl)cc1CN1CCN(C(=O)c2ccoc2)CC1. The van der Waals surface area contributed by atoms with Crippen molar-refractivity contribution in [1.29, 1.82) is 0 Å². The molecule has 2 heterocycles. The first kappa shape index (κ1) is 15.9. The predicted molar refractivity (Wildman–Crippen MR) is 87.9 cm³/mol. The van der Waals surface area contributed by atoms with E-state index in [0.29, 0.717) is 23.7 Å². The van der Waals surface area contributed by atoms with Crippen LogP contribution in [-0.4, -0.2) is 49.0 Å². The Balaban J connectivity index is 1.59. The molecule has 0 saturated carbocycles. The molecule has 0 aliphatic carbocycles. The van der Waals surface area contributed by atoms with Crippen molar-refractivity contribution in [2.24, 2.45) is 0 Å². The summed E-state index contributed by atoms with van der Waals surface area (Å²) in [5, 5.41) is 0.703. The van der Waals surface area contributed by atoms with Crippen LogP contribution in [0.2, 0.25) is 5.02 Å². The number of halogens is 1. The van der Waals surface area contributed by atoms with Crippen LogP contribution in [0.15, 0.2) is 41.2 Å². The van der Waals surface area contributed by atoms with Crippen LogP contribution in [0.25, 0.3) is 0 Å². The molecule has 122 valence electrons. The highest BCUT2D eigenvalue weighted by atomic mass is 35.5. The summed E-state index contributed by atoms with van der Waals surface area (Å²) in [7, 11) is 1.66. The lowest BCUT2D eigenvalue weighted by atomic mass is 10.1. The lowest BCUT2D eigenvalue weighted by molar-refractivity contribution is 0.0627. The molecule has 1 saturated heterocycles. The van der Waals surface area contributed by atoms with Gasteiger partial charge in [0.15, 0.2) is 0 Å². The zero-order chi connectivity index (χ0) is 16.2. The number of benzene rings is 1. The van der Waals surface area contributed by atoms with Crippen LogP contribution in [0.5, 0.6) is 5.75 Å². The number of amides is 1. The average molecular weight is 335 g/mol. The van der Waals surface area contributed by atoms with Gasteiger partial charge in [0.1, 0.15) is 12.0 Å². The molecule has 23 heavy (non-hydrogen) atoms. The summed E-state index contributed by atoms with van der Waals surface area (Å²) >= 11 is 6.08. The quantitative estimate of drug-likeness (QED) is 0.862. The van der Waals surface area contributed by atoms with Crippen molar-refractivity contribution in [3.05, 3.63) is 52.9 Å². The van der Waals surface area contributed by atoms with Crippen molar-refractivity contribution in [1.82, 2.24) is 9.80 Å². The average Bonchev–Trinajstić information content (AvgIpc) is 3.10. The van der Waals surface area contributed by atoms with E-state index >= 15 is 0 Å². The van der Waals surface area contributed by atoms with Crippen LogP contribution in [-0.2, 0) is 6.54 Å². The van der Waals surface area contributed by atoms with Crippen molar-refractivity contribution in [3.8, 4) is 5.75 Å². The van der Waals surface area contributed by atoms with Gasteiger partial charge in [0.05, 0.1) is 18.9 Å². The van der Waals surface area contributed by atoms with Gasteiger partial charge in [0.25, 0.3) is 5.91 Å². The Kier molecular flexibility index (Phi) is 4.88. The molecule has 1 aromatic carbocycles. The van der Waals surface area contributed by atoms with Gasteiger partial charge in [0.2, 0.25) is 0 Å². The largest absolute Gasteiger partial charge is 0.496 e. The highest BCUT2D eigenvalue weighted by molar-refractivity contribution is 6.30. The summed E-state index contributed by atoms with van der Waals surface area (Å²) in [6.07, 6.45) is 3.01. The second-order valence-electron chi connectivity index (χ2n) is 5.54. The number of ether oxygens (including phenoxy) is 1. The van der Waals surface area contributed by atoms with Crippen LogP contribution in [0.3, 0.4) is 0 Å². The number of methoxy groups -OCH3 is 1. The maximum Gasteiger partial charge on any atom is 0.257 e. The van der Waals surface area contributed by atoms with E-state index in [9.17, 15) is 4.79 Å². The van der Waals surface area contributed by atoms with E-state index in [4.69, 9.17) is 20.8 Å². The third kappa shape index (κ3) is 3.68. The Morgan fingerprint density at radius 2 is 2.04 bits per heavy atom. The third-order valence-corrected chi connectivity index (χ3v) is 4.30. The molecule has 0 radical (unpaired) electrons. The molecule has 0 unspecified atom stereocenters. The molecule has 1 aliphatic rings. The molecular formula is C17H19ClN2O3. The molecule has 2 aromatic rings. The van der Waals surface area contributed by atoms with Crippen LogP contribution >= 0.6 is 11.6 Å². The monoisotopic (exact) mass is 334 g/mol. The number of hydrogen-bond acceptors (Lipinski definition) is 4. The minimum Gasteiger partial charge on any atom is -0.496 e. The zero-order valence-corrected chi connectivity index (χ0v) is 13.8. The van der Waals surface area contributed by atoms with Gasteiger partial charge in [0, 0.05) is 43.3 Å². The summed E-state index contributed by atoms with van der Waals surface area (Å²) < 4.78 is 10.4. The summed E-state index contributed by atoms with van der Waals surface area (Å²) in [5.74, 6) is 0.866. The smallest absolute Gasteiger partial charge is 0.257 e. The van der Waals surface area contributed by atoms with Crippen LogP contribution in [0.4, 0.5) is 0 Å². The van der Waals surface area contributed by atoms with Gasteiger partial charge in [-0.2, -0.15) is 0 Å². The van der Waals surface area contributed by atoms with E-state index in [1.165, 1.54) is 12.5 Å². The first-order valence-corrected chi connectivity index (χ1v) is 7.91. The van der Waals surface area contributed by atoms with Crippen LogP contribution in [0.1, 0.15) is 15.9 Å². The van der Waals surface area contributed by atoms with E-state index in [1.807, 2.05) is 23.1 Å². The summed E-state index contributed by atoms with van der Waals surface area (Å²) in [4.78, 5) is 16.4. The molecule has 1 aromatic heterocycles. The fourth-order valence-corrected chi connectivity index (χ4v) is 2.98. The fourth-order valence-electron chi connectivity index (χ4n) is 2.79. The second-order valence-corrected chi connectivity index (χ2v) is 5.97. The molecular weight excluding hydrogens is 316 g/mol. The van der Waals surface area contributed by atoms with Crippen molar-refractivity contribution in [3.63, 3.8) is 0 Å². The molecule has 5 nitrogen and oxygen atoms in total. The Bertz CT molecular complexity index is 664. The molecule has 3 rings (SSSR count). The molecule has 0 spiro atoms. The highest BCUT2D eigenvalue weighted by Gasteiger charge is 2.23. The summed E-state index contributed by atoms with van der Waals surface area (Å²) in [6, 6.07) is 7.34. The first-order chi connectivity index (χ1) is 11.2. The lowest BCUT2D eigenvalue weighted by Gasteiger charge is -2.34. The van der Waals surface area contributed by atoms with E-state index < -0.39 is 0 Å². The molecule has 0 bridgehead atoms. The van der Waals surface area contributed by atoms with Gasteiger partial charge < -0.3 is 14.1 Å². The Hall–Kier alpha value is -1.98. The normalized spacial score (nSPS) is 15.7. The second kappa shape index (κ2) is 7.06. The minimum absolute atomic E-state index is 0.0266. The third-order valence-electron chi connectivity index (χ3n) is 4.06. The number of furan rings is 1. The van der Waals surface area contributed by atoms with Gasteiger partial charge in [-0.25, -0.2) is 0 Å². The topological polar surface area (TPSA) is 45.9 Å². The number of carbonyl (C=O) groups is 1. The van der Waals surface area contributed by atoms with Gasteiger partial charge in [-0.1, -0.05) is 11.6 Å². The van der Waals surface area contributed by atoms with Gasteiger partial charge >= 0.3 is 0 Å². The van der Waals surface area contributed by atoms with Crippen LogP contribution in [0, 0.1) is 0 Å². The molecule has 0 atom stereocenters. The van der Waals surface area contributed by atoms with E-state index in [1.54, 1.807) is 13.2 Å². The Morgan fingerprint density at radius 1 is 1.26 bits per heavy atom. The number of piperazine rings is 1.